The molecule has 1 atom stereocenters. The van der Waals surface area contributed by atoms with Gasteiger partial charge < -0.3 is 10.1 Å². The molecule has 1 N–H and O–H groups in total. The lowest BCUT2D eigenvalue weighted by atomic mass is 10.1. The molecule has 1 aliphatic carbocycles. The highest BCUT2D eigenvalue weighted by Gasteiger charge is 2.27. The molecular formula is C16H18F3NO2. The number of anilines is 1. The van der Waals surface area contributed by atoms with Crippen molar-refractivity contribution in [1.82, 2.24) is 0 Å². The van der Waals surface area contributed by atoms with E-state index in [9.17, 15) is 18.0 Å². The molecule has 2 rings (SSSR count). The summed E-state index contributed by atoms with van der Waals surface area (Å²) < 4.78 is 41.9. The standard InChI is InChI=1S/C16H18F3NO2/c1-2-15(21)20-12-6-4-11-5-7-14(13(11)10-12)22-9-3-8-16(17,18)19/h2,4,6,10,14H,1,3,5,7-9H2,(H,20,21). The van der Waals surface area contributed by atoms with E-state index in [-0.39, 0.29) is 25.0 Å². The predicted molar refractivity (Wildman–Crippen MR) is 77.6 cm³/mol. The Balaban J connectivity index is 1.94. The Hall–Kier alpha value is -1.82. The minimum atomic E-state index is -4.14. The summed E-state index contributed by atoms with van der Waals surface area (Å²) in [7, 11) is 0. The van der Waals surface area contributed by atoms with Crippen molar-refractivity contribution >= 4 is 11.6 Å². The smallest absolute Gasteiger partial charge is 0.374 e. The second-order valence-corrected chi connectivity index (χ2v) is 5.22. The highest BCUT2D eigenvalue weighted by Crippen LogP contribution is 2.36. The van der Waals surface area contributed by atoms with Crippen LogP contribution in [0.2, 0.25) is 0 Å². The molecule has 1 aromatic carbocycles. The fourth-order valence-corrected chi connectivity index (χ4v) is 2.51. The van der Waals surface area contributed by atoms with Gasteiger partial charge in [-0.2, -0.15) is 13.2 Å². The van der Waals surface area contributed by atoms with Crippen molar-refractivity contribution in [3.63, 3.8) is 0 Å². The highest BCUT2D eigenvalue weighted by molar-refractivity contribution is 5.98. The lowest BCUT2D eigenvalue weighted by Crippen LogP contribution is -2.10. The van der Waals surface area contributed by atoms with Crippen molar-refractivity contribution in [1.29, 1.82) is 0 Å². The van der Waals surface area contributed by atoms with Crippen LogP contribution in [0.5, 0.6) is 0 Å². The molecule has 0 aromatic heterocycles. The molecule has 1 unspecified atom stereocenters. The van der Waals surface area contributed by atoms with Gasteiger partial charge in [-0.1, -0.05) is 12.6 Å². The van der Waals surface area contributed by atoms with E-state index in [2.05, 4.69) is 11.9 Å². The van der Waals surface area contributed by atoms with Crippen molar-refractivity contribution in [3.05, 3.63) is 42.0 Å². The Kier molecular flexibility index (Phi) is 5.24. The quantitative estimate of drug-likeness (QED) is 0.632. The average molecular weight is 313 g/mol. The van der Waals surface area contributed by atoms with Gasteiger partial charge in [0.15, 0.2) is 0 Å². The third-order valence-corrected chi connectivity index (χ3v) is 3.55. The van der Waals surface area contributed by atoms with Crippen LogP contribution in [-0.2, 0) is 16.0 Å². The fraction of sp³-hybridized carbons (Fsp3) is 0.438. The first-order valence-electron chi connectivity index (χ1n) is 7.13. The minimum Gasteiger partial charge on any atom is -0.374 e. The summed E-state index contributed by atoms with van der Waals surface area (Å²) in [5.41, 5.74) is 2.68. The largest absolute Gasteiger partial charge is 0.389 e. The molecule has 0 saturated carbocycles. The van der Waals surface area contributed by atoms with Gasteiger partial charge in [-0.15, -0.1) is 0 Å². The Morgan fingerprint density at radius 2 is 2.23 bits per heavy atom. The highest BCUT2D eigenvalue weighted by atomic mass is 19.4. The Bertz CT molecular complexity index is 555. The van der Waals surface area contributed by atoms with Crippen molar-refractivity contribution in [2.45, 2.75) is 38.0 Å². The van der Waals surface area contributed by atoms with Gasteiger partial charge in [-0.05, 0) is 48.6 Å². The first-order valence-corrected chi connectivity index (χ1v) is 7.13. The summed E-state index contributed by atoms with van der Waals surface area (Å²) in [6, 6.07) is 5.53. The molecule has 0 saturated heterocycles. The number of hydrogen-bond acceptors (Lipinski definition) is 2. The average Bonchev–Trinajstić information content (AvgIpc) is 2.85. The van der Waals surface area contributed by atoms with Crippen LogP contribution in [-0.4, -0.2) is 18.7 Å². The first-order chi connectivity index (χ1) is 10.4. The van der Waals surface area contributed by atoms with Gasteiger partial charge in [0, 0.05) is 18.7 Å². The molecule has 0 bridgehead atoms. The van der Waals surface area contributed by atoms with Crippen LogP contribution < -0.4 is 5.32 Å². The number of benzene rings is 1. The third kappa shape index (κ3) is 4.59. The second-order valence-electron chi connectivity index (χ2n) is 5.22. The van der Waals surface area contributed by atoms with Gasteiger partial charge >= 0.3 is 6.18 Å². The van der Waals surface area contributed by atoms with Crippen LogP contribution in [0, 0.1) is 0 Å². The van der Waals surface area contributed by atoms with Gasteiger partial charge in [0.05, 0.1) is 6.10 Å². The maximum Gasteiger partial charge on any atom is 0.389 e. The van der Waals surface area contributed by atoms with Crippen LogP contribution >= 0.6 is 0 Å². The van der Waals surface area contributed by atoms with E-state index in [1.54, 1.807) is 6.07 Å². The van der Waals surface area contributed by atoms with Crippen LogP contribution in [0.25, 0.3) is 0 Å². The number of fused-ring (bicyclic) bond motifs is 1. The van der Waals surface area contributed by atoms with Gasteiger partial charge in [-0.25, -0.2) is 0 Å². The molecule has 0 heterocycles. The van der Waals surface area contributed by atoms with E-state index < -0.39 is 12.6 Å². The number of aryl methyl sites for hydroxylation is 1. The van der Waals surface area contributed by atoms with Gasteiger partial charge in [0.2, 0.25) is 5.91 Å². The zero-order chi connectivity index (χ0) is 16.2. The van der Waals surface area contributed by atoms with E-state index in [1.807, 2.05) is 12.1 Å². The first kappa shape index (κ1) is 16.5. The molecule has 6 heteroatoms. The number of carbonyl (C=O) groups excluding carboxylic acids is 1. The number of nitrogens with one attached hydrogen (secondary N) is 1. The molecule has 1 amide bonds. The van der Waals surface area contributed by atoms with Crippen molar-refractivity contribution < 1.29 is 22.7 Å². The Labute approximate surface area is 127 Å². The van der Waals surface area contributed by atoms with Gasteiger partial charge in [0.1, 0.15) is 0 Å². The van der Waals surface area contributed by atoms with Gasteiger partial charge in [0.25, 0.3) is 0 Å². The molecule has 0 fully saturated rings. The molecule has 0 aliphatic heterocycles. The topological polar surface area (TPSA) is 38.3 Å². The Morgan fingerprint density at radius 1 is 1.45 bits per heavy atom. The lowest BCUT2D eigenvalue weighted by Gasteiger charge is -2.15. The molecule has 0 radical (unpaired) electrons. The summed E-state index contributed by atoms with van der Waals surface area (Å²) in [5.74, 6) is -0.305. The number of ether oxygens (including phenoxy) is 1. The molecule has 1 aliphatic rings. The fourth-order valence-electron chi connectivity index (χ4n) is 2.51. The number of halogens is 3. The molecular weight excluding hydrogens is 295 g/mol. The van der Waals surface area contributed by atoms with Crippen molar-refractivity contribution in [3.8, 4) is 0 Å². The van der Waals surface area contributed by atoms with Crippen LogP contribution in [0.1, 0.15) is 36.5 Å². The zero-order valence-electron chi connectivity index (χ0n) is 12.1. The SMILES string of the molecule is C=CC(=O)Nc1ccc2c(c1)C(OCCCC(F)(F)F)CC2. The Morgan fingerprint density at radius 3 is 2.91 bits per heavy atom. The van der Waals surface area contributed by atoms with E-state index in [1.165, 1.54) is 6.08 Å². The van der Waals surface area contributed by atoms with Gasteiger partial charge in [-0.3, -0.25) is 4.79 Å². The van der Waals surface area contributed by atoms with Crippen LogP contribution in [0.4, 0.5) is 18.9 Å². The van der Waals surface area contributed by atoms with Crippen LogP contribution in [0.15, 0.2) is 30.9 Å². The second kappa shape index (κ2) is 6.96. The number of alkyl halides is 3. The minimum absolute atomic E-state index is 0.0395. The van der Waals surface area contributed by atoms with E-state index in [4.69, 9.17) is 4.74 Å². The summed E-state index contributed by atoms with van der Waals surface area (Å²) in [6.45, 7) is 3.46. The molecule has 120 valence electrons. The van der Waals surface area contributed by atoms with E-state index in [0.29, 0.717) is 5.69 Å². The summed E-state index contributed by atoms with van der Waals surface area (Å²) >= 11 is 0. The summed E-state index contributed by atoms with van der Waals surface area (Å²) in [5, 5.41) is 2.67. The number of hydrogen-bond donors (Lipinski definition) is 1. The summed E-state index contributed by atoms with van der Waals surface area (Å²) in [4.78, 5) is 11.3. The monoisotopic (exact) mass is 313 g/mol. The van der Waals surface area contributed by atoms with E-state index in [0.717, 1.165) is 24.0 Å². The predicted octanol–water partition coefficient (Wildman–Crippen LogP) is 4.16. The molecule has 0 spiro atoms. The van der Waals surface area contributed by atoms with Crippen molar-refractivity contribution in [2.24, 2.45) is 0 Å². The molecule has 3 nitrogen and oxygen atoms in total. The van der Waals surface area contributed by atoms with Crippen molar-refractivity contribution in [2.75, 3.05) is 11.9 Å². The zero-order valence-corrected chi connectivity index (χ0v) is 12.1. The lowest BCUT2D eigenvalue weighted by molar-refractivity contribution is -0.139. The number of carbonyl (C=O) groups is 1. The molecule has 1 aromatic rings. The van der Waals surface area contributed by atoms with E-state index >= 15 is 0 Å². The third-order valence-electron chi connectivity index (χ3n) is 3.55. The molecule has 22 heavy (non-hydrogen) atoms. The maximum absolute atomic E-state index is 12.1. The maximum atomic E-state index is 12.1. The number of amides is 1. The van der Waals surface area contributed by atoms with Crippen LogP contribution in [0.3, 0.4) is 0 Å². The number of rotatable bonds is 6. The summed E-state index contributed by atoms with van der Waals surface area (Å²) in [6.07, 6.45) is -2.46. The normalized spacial score (nSPS) is 17.1.